The Labute approximate surface area is 140 Å². The Kier molecular flexibility index (Phi) is 4.73. The van der Waals surface area contributed by atoms with Gasteiger partial charge in [0.1, 0.15) is 0 Å². The molecule has 2 heterocycles. The Hall–Kier alpha value is -1.79. The molecule has 5 nitrogen and oxygen atoms in total. The fourth-order valence-corrected chi connectivity index (χ4v) is 3.35. The van der Waals surface area contributed by atoms with Gasteiger partial charge in [-0.05, 0) is 42.9 Å². The number of piperidine rings is 1. The summed E-state index contributed by atoms with van der Waals surface area (Å²) in [6.45, 7) is 3.15. The Bertz CT molecular complexity index is 683. The summed E-state index contributed by atoms with van der Waals surface area (Å²) in [6, 6.07) is 7.54. The molecule has 6 heteroatoms. The molecule has 0 saturated carbocycles. The van der Waals surface area contributed by atoms with Crippen molar-refractivity contribution >= 4 is 17.7 Å². The van der Waals surface area contributed by atoms with E-state index in [0.717, 1.165) is 17.3 Å². The van der Waals surface area contributed by atoms with Crippen molar-refractivity contribution in [2.24, 2.45) is 5.92 Å². The molecule has 2 aromatic rings. The summed E-state index contributed by atoms with van der Waals surface area (Å²) in [4.78, 5) is 18.6. The quantitative estimate of drug-likeness (QED) is 0.878. The van der Waals surface area contributed by atoms with E-state index in [-0.39, 0.29) is 11.8 Å². The number of hydrogen-bond acceptors (Lipinski definition) is 4. The normalized spacial score (nSPS) is 21.4. The van der Waals surface area contributed by atoms with Crippen molar-refractivity contribution in [3.63, 3.8) is 0 Å². The molecule has 0 bridgehead atoms. The van der Waals surface area contributed by atoms with Crippen LogP contribution in [0.5, 0.6) is 0 Å². The van der Waals surface area contributed by atoms with Crippen LogP contribution in [0.25, 0.3) is 5.69 Å². The zero-order valence-corrected chi connectivity index (χ0v) is 14.2. The van der Waals surface area contributed by atoms with Crippen LogP contribution in [0, 0.1) is 5.92 Å². The molecule has 2 unspecified atom stereocenters. The third kappa shape index (κ3) is 3.28. The van der Waals surface area contributed by atoms with E-state index >= 15 is 0 Å². The highest BCUT2D eigenvalue weighted by atomic mass is 32.2. The average molecular weight is 331 g/mol. The van der Waals surface area contributed by atoms with Gasteiger partial charge in [-0.1, -0.05) is 18.7 Å². The molecule has 1 aliphatic rings. The van der Waals surface area contributed by atoms with E-state index in [1.165, 1.54) is 0 Å². The minimum atomic E-state index is -0.429. The van der Waals surface area contributed by atoms with E-state index in [0.29, 0.717) is 18.7 Å². The Morgan fingerprint density at radius 2 is 2.09 bits per heavy atom. The lowest BCUT2D eigenvalue weighted by atomic mass is 9.95. The highest BCUT2D eigenvalue weighted by Crippen LogP contribution is 2.21. The van der Waals surface area contributed by atoms with Crippen LogP contribution in [0.3, 0.4) is 0 Å². The second-order valence-corrected chi connectivity index (χ2v) is 6.69. The van der Waals surface area contributed by atoms with E-state index in [1.54, 1.807) is 22.9 Å². The van der Waals surface area contributed by atoms with Crippen molar-refractivity contribution in [2.75, 3.05) is 19.3 Å². The molecule has 0 spiro atoms. The first kappa shape index (κ1) is 16.1. The monoisotopic (exact) mass is 331 g/mol. The lowest BCUT2D eigenvalue weighted by molar-refractivity contribution is 0.0248. The number of aromatic nitrogens is 2. The van der Waals surface area contributed by atoms with Crippen molar-refractivity contribution in [1.82, 2.24) is 14.5 Å². The number of aliphatic hydroxyl groups excluding tert-OH is 1. The maximum absolute atomic E-state index is 12.6. The summed E-state index contributed by atoms with van der Waals surface area (Å²) in [5.41, 5.74) is 1.64. The zero-order chi connectivity index (χ0) is 16.4. The number of benzene rings is 1. The van der Waals surface area contributed by atoms with Crippen LogP contribution in [-0.2, 0) is 0 Å². The number of likely N-dealkylation sites (tertiary alicyclic amines) is 1. The van der Waals surface area contributed by atoms with Gasteiger partial charge in [-0.15, -0.1) is 0 Å². The first-order valence-corrected chi connectivity index (χ1v) is 8.97. The number of amides is 1. The fraction of sp³-hybridized carbons (Fsp3) is 0.412. The summed E-state index contributed by atoms with van der Waals surface area (Å²) >= 11 is 1.58. The van der Waals surface area contributed by atoms with Gasteiger partial charge in [0.05, 0.1) is 6.10 Å². The van der Waals surface area contributed by atoms with Gasteiger partial charge in [0.2, 0.25) is 0 Å². The van der Waals surface area contributed by atoms with Crippen LogP contribution in [-0.4, -0.2) is 50.9 Å². The van der Waals surface area contributed by atoms with Crippen LogP contribution in [0.4, 0.5) is 0 Å². The van der Waals surface area contributed by atoms with Crippen molar-refractivity contribution < 1.29 is 9.90 Å². The molecule has 2 atom stereocenters. The minimum absolute atomic E-state index is 0.0155. The molecule has 1 amide bonds. The molecular weight excluding hydrogens is 310 g/mol. The van der Waals surface area contributed by atoms with E-state index in [4.69, 9.17) is 0 Å². The first-order valence-electron chi connectivity index (χ1n) is 7.75. The van der Waals surface area contributed by atoms with Gasteiger partial charge in [0.15, 0.2) is 5.16 Å². The molecular formula is C17H21N3O2S. The number of imidazole rings is 1. The summed E-state index contributed by atoms with van der Waals surface area (Å²) in [7, 11) is 0. The molecule has 1 fully saturated rings. The zero-order valence-electron chi connectivity index (χ0n) is 13.3. The number of carbonyl (C=O) groups excluding carboxylic acids is 1. The number of thioether (sulfide) groups is 1. The van der Waals surface area contributed by atoms with Crippen molar-refractivity contribution in [1.29, 1.82) is 0 Å². The second kappa shape index (κ2) is 6.76. The highest BCUT2D eigenvalue weighted by molar-refractivity contribution is 7.98. The summed E-state index contributed by atoms with van der Waals surface area (Å²) in [5.74, 6) is 0.242. The molecule has 1 aromatic carbocycles. The maximum Gasteiger partial charge on any atom is 0.253 e. The molecule has 3 rings (SSSR count). The lowest BCUT2D eigenvalue weighted by Crippen LogP contribution is -2.45. The highest BCUT2D eigenvalue weighted by Gasteiger charge is 2.27. The molecule has 122 valence electrons. The smallest absolute Gasteiger partial charge is 0.253 e. The van der Waals surface area contributed by atoms with Gasteiger partial charge in [-0.2, -0.15) is 0 Å². The number of carbonyl (C=O) groups is 1. The Morgan fingerprint density at radius 1 is 1.35 bits per heavy atom. The van der Waals surface area contributed by atoms with Crippen LogP contribution >= 0.6 is 11.8 Å². The van der Waals surface area contributed by atoms with Gasteiger partial charge in [-0.25, -0.2) is 4.98 Å². The number of rotatable bonds is 3. The molecule has 0 aliphatic carbocycles. The van der Waals surface area contributed by atoms with Crippen LogP contribution in [0.15, 0.2) is 41.8 Å². The van der Waals surface area contributed by atoms with Crippen molar-refractivity contribution in [2.45, 2.75) is 24.6 Å². The number of β-amino-alcohol motifs (C(OH)–C–C–N with tert-alkyl or cyclic N) is 1. The average Bonchev–Trinajstić information content (AvgIpc) is 3.05. The van der Waals surface area contributed by atoms with Gasteiger partial charge in [0.25, 0.3) is 5.91 Å². The third-order valence-corrected chi connectivity index (χ3v) is 5.05. The molecule has 1 aliphatic heterocycles. The van der Waals surface area contributed by atoms with Crippen LogP contribution in [0.1, 0.15) is 23.7 Å². The number of hydrogen-bond donors (Lipinski definition) is 1. The summed E-state index contributed by atoms with van der Waals surface area (Å²) in [6.07, 6.45) is 6.07. The fourth-order valence-electron chi connectivity index (χ4n) is 2.82. The minimum Gasteiger partial charge on any atom is -0.391 e. The molecule has 1 aromatic heterocycles. The summed E-state index contributed by atoms with van der Waals surface area (Å²) in [5, 5.41) is 10.9. The van der Waals surface area contributed by atoms with Crippen molar-refractivity contribution in [3.8, 4) is 5.69 Å². The van der Waals surface area contributed by atoms with Crippen LogP contribution in [0.2, 0.25) is 0 Å². The van der Waals surface area contributed by atoms with E-state index in [2.05, 4.69) is 4.98 Å². The van der Waals surface area contributed by atoms with Gasteiger partial charge < -0.3 is 10.0 Å². The molecule has 0 radical (unpaired) electrons. The Morgan fingerprint density at radius 3 is 2.74 bits per heavy atom. The number of aliphatic hydroxyl groups is 1. The van der Waals surface area contributed by atoms with E-state index < -0.39 is 6.10 Å². The predicted octanol–water partition coefficient (Wildman–Crippen LogP) is 2.44. The topological polar surface area (TPSA) is 58.4 Å². The van der Waals surface area contributed by atoms with Gasteiger partial charge in [0, 0.05) is 36.7 Å². The third-order valence-electron chi connectivity index (χ3n) is 4.39. The molecule has 1 N–H and O–H groups in total. The van der Waals surface area contributed by atoms with E-state index in [1.807, 2.05) is 48.2 Å². The second-order valence-electron chi connectivity index (χ2n) is 5.92. The lowest BCUT2D eigenvalue weighted by Gasteiger charge is -2.34. The van der Waals surface area contributed by atoms with Gasteiger partial charge in [-0.3, -0.25) is 9.36 Å². The Balaban J connectivity index is 1.76. The maximum atomic E-state index is 12.6. The largest absolute Gasteiger partial charge is 0.391 e. The van der Waals surface area contributed by atoms with E-state index in [9.17, 15) is 9.90 Å². The molecule has 1 saturated heterocycles. The standard InChI is InChI=1S/C17H21N3O2S/c1-12-7-9-19(11-15(12)21)16(22)13-3-5-14(6-4-13)20-10-8-18-17(20)23-2/h3-6,8,10,12,15,21H,7,9,11H2,1-2H3. The van der Waals surface area contributed by atoms with Crippen LogP contribution < -0.4 is 0 Å². The molecule has 23 heavy (non-hydrogen) atoms. The SMILES string of the molecule is CSc1nccn1-c1ccc(C(=O)N2CCC(C)C(O)C2)cc1. The van der Waals surface area contributed by atoms with Gasteiger partial charge >= 0.3 is 0 Å². The predicted molar refractivity (Wildman–Crippen MR) is 91.0 cm³/mol. The first-order chi connectivity index (χ1) is 11.1. The van der Waals surface area contributed by atoms with Crippen molar-refractivity contribution in [3.05, 3.63) is 42.2 Å². The number of nitrogens with zero attached hydrogens (tertiary/aromatic N) is 3. The summed E-state index contributed by atoms with van der Waals surface area (Å²) < 4.78 is 1.99.